The van der Waals surface area contributed by atoms with Crippen LogP contribution in [0.5, 0.6) is 0 Å². The predicted molar refractivity (Wildman–Crippen MR) is 66.9 cm³/mol. The van der Waals surface area contributed by atoms with Gasteiger partial charge in [-0.05, 0) is 19.1 Å². The fourth-order valence-corrected chi connectivity index (χ4v) is 1.60. The molecule has 0 spiro atoms. The minimum atomic E-state index is 0.378. The maximum absolute atomic E-state index is 8.81. The maximum atomic E-state index is 8.81. The van der Waals surface area contributed by atoms with E-state index < -0.39 is 0 Å². The van der Waals surface area contributed by atoms with Gasteiger partial charge in [-0.1, -0.05) is 0 Å². The SMILES string of the molecule is Cc1cc(C#N)nc(NCCc2ccn(C)n2)n1. The number of hydrogen-bond acceptors (Lipinski definition) is 5. The number of nitrogens with zero attached hydrogens (tertiary/aromatic N) is 5. The fraction of sp³-hybridized carbons (Fsp3) is 0.333. The molecule has 0 saturated heterocycles. The fourth-order valence-electron chi connectivity index (χ4n) is 1.60. The van der Waals surface area contributed by atoms with Gasteiger partial charge in [0.25, 0.3) is 0 Å². The molecule has 2 aromatic rings. The Kier molecular flexibility index (Phi) is 3.53. The third kappa shape index (κ3) is 3.04. The van der Waals surface area contributed by atoms with Crippen LogP contribution in [0.3, 0.4) is 0 Å². The van der Waals surface area contributed by atoms with Crippen molar-refractivity contribution in [3.05, 3.63) is 35.4 Å². The van der Waals surface area contributed by atoms with Crippen molar-refractivity contribution in [3.63, 3.8) is 0 Å². The van der Waals surface area contributed by atoms with Crippen LogP contribution in [0, 0.1) is 18.3 Å². The summed E-state index contributed by atoms with van der Waals surface area (Å²) in [5.41, 5.74) is 2.17. The van der Waals surface area contributed by atoms with Crippen molar-refractivity contribution in [2.75, 3.05) is 11.9 Å². The molecule has 0 bridgehead atoms. The smallest absolute Gasteiger partial charge is 0.224 e. The summed E-state index contributed by atoms with van der Waals surface area (Å²) >= 11 is 0. The van der Waals surface area contributed by atoms with E-state index in [0.29, 0.717) is 18.2 Å². The van der Waals surface area contributed by atoms with Crippen molar-refractivity contribution in [1.29, 1.82) is 5.26 Å². The third-order valence-electron chi connectivity index (χ3n) is 2.40. The molecule has 18 heavy (non-hydrogen) atoms. The van der Waals surface area contributed by atoms with Crippen molar-refractivity contribution in [3.8, 4) is 6.07 Å². The minimum Gasteiger partial charge on any atom is -0.354 e. The first-order valence-electron chi connectivity index (χ1n) is 5.65. The van der Waals surface area contributed by atoms with Crippen LogP contribution in [-0.4, -0.2) is 26.3 Å². The van der Waals surface area contributed by atoms with Crippen molar-refractivity contribution in [1.82, 2.24) is 19.7 Å². The summed E-state index contributed by atoms with van der Waals surface area (Å²) in [6.07, 6.45) is 2.70. The molecule has 0 aliphatic carbocycles. The van der Waals surface area contributed by atoms with E-state index in [0.717, 1.165) is 17.8 Å². The van der Waals surface area contributed by atoms with Crippen molar-refractivity contribution < 1.29 is 0 Å². The minimum absolute atomic E-state index is 0.378. The number of nitrogens with one attached hydrogen (secondary N) is 1. The first-order valence-corrected chi connectivity index (χ1v) is 5.65. The van der Waals surface area contributed by atoms with Gasteiger partial charge in [0.2, 0.25) is 5.95 Å². The zero-order valence-corrected chi connectivity index (χ0v) is 10.4. The topological polar surface area (TPSA) is 79.4 Å². The molecular weight excluding hydrogens is 228 g/mol. The zero-order valence-electron chi connectivity index (χ0n) is 10.4. The lowest BCUT2D eigenvalue weighted by molar-refractivity contribution is 0.741. The van der Waals surface area contributed by atoms with Crippen LogP contribution in [0.25, 0.3) is 0 Å². The van der Waals surface area contributed by atoms with Gasteiger partial charge in [-0.2, -0.15) is 10.4 Å². The van der Waals surface area contributed by atoms with Gasteiger partial charge in [0.15, 0.2) is 0 Å². The molecule has 92 valence electrons. The normalized spacial score (nSPS) is 10.1. The Morgan fingerprint density at radius 2 is 2.28 bits per heavy atom. The van der Waals surface area contributed by atoms with Gasteiger partial charge in [-0.3, -0.25) is 4.68 Å². The molecule has 2 rings (SSSR count). The van der Waals surface area contributed by atoms with Gasteiger partial charge in [0.05, 0.1) is 5.69 Å². The highest BCUT2D eigenvalue weighted by Gasteiger charge is 2.02. The summed E-state index contributed by atoms with van der Waals surface area (Å²) in [7, 11) is 1.89. The van der Waals surface area contributed by atoms with Gasteiger partial charge in [-0.15, -0.1) is 0 Å². The second-order valence-electron chi connectivity index (χ2n) is 3.99. The summed E-state index contributed by atoms with van der Waals surface area (Å²) in [6, 6.07) is 5.64. The summed E-state index contributed by atoms with van der Waals surface area (Å²) in [4.78, 5) is 8.30. The van der Waals surface area contributed by atoms with Gasteiger partial charge in [0, 0.05) is 31.9 Å². The van der Waals surface area contributed by atoms with E-state index in [-0.39, 0.29) is 0 Å². The summed E-state index contributed by atoms with van der Waals surface area (Å²) in [5, 5.41) is 16.2. The van der Waals surface area contributed by atoms with E-state index in [4.69, 9.17) is 5.26 Å². The molecule has 0 aliphatic rings. The number of aryl methyl sites for hydroxylation is 2. The first-order chi connectivity index (χ1) is 8.67. The highest BCUT2D eigenvalue weighted by atomic mass is 15.2. The summed E-state index contributed by atoms with van der Waals surface area (Å²) in [6.45, 7) is 2.53. The lowest BCUT2D eigenvalue weighted by Gasteiger charge is -2.04. The average Bonchev–Trinajstić information content (AvgIpc) is 2.74. The second kappa shape index (κ2) is 5.27. The van der Waals surface area contributed by atoms with E-state index >= 15 is 0 Å². The van der Waals surface area contributed by atoms with Gasteiger partial charge in [-0.25, -0.2) is 9.97 Å². The molecule has 0 aliphatic heterocycles. The zero-order chi connectivity index (χ0) is 13.0. The van der Waals surface area contributed by atoms with Crippen LogP contribution in [0.15, 0.2) is 18.3 Å². The van der Waals surface area contributed by atoms with Gasteiger partial charge >= 0.3 is 0 Å². The number of nitriles is 1. The summed E-state index contributed by atoms with van der Waals surface area (Å²) in [5.74, 6) is 0.488. The molecule has 1 N–H and O–H groups in total. The van der Waals surface area contributed by atoms with Crippen LogP contribution in [0.1, 0.15) is 17.1 Å². The molecule has 2 aromatic heterocycles. The van der Waals surface area contributed by atoms with Crippen LogP contribution < -0.4 is 5.32 Å². The Bertz CT molecular complexity index is 580. The molecule has 0 fully saturated rings. The highest BCUT2D eigenvalue weighted by molar-refractivity contribution is 5.33. The van der Waals surface area contributed by atoms with Crippen molar-refractivity contribution in [2.45, 2.75) is 13.3 Å². The highest BCUT2D eigenvalue weighted by Crippen LogP contribution is 2.04. The Morgan fingerprint density at radius 3 is 2.94 bits per heavy atom. The maximum Gasteiger partial charge on any atom is 0.224 e. The molecule has 0 amide bonds. The lowest BCUT2D eigenvalue weighted by Crippen LogP contribution is -2.09. The predicted octanol–water partition coefficient (Wildman–Crippen LogP) is 1.04. The second-order valence-corrected chi connectivity index (χ2v) is 3.99. The van der Waals surface area contributed by atoms with E-state index in [2.05, 4.69) is 20.4 Å². The van der Waals surface area contributed by atoms with Crippen LogP contribution >= 0.6 is 0 Å². The van der Waals surface area contributed by atoms with E-state index in [1.165, 1.54) is 0 Å². The largest absolute Gasteiger partial charge is 0.354 e. The number of aromatic nitrogens is 4. The monoisotopic (exact) mass is 242 g/mol. The van der Waals surface area contributed by atoms with E-state index in [1.807, 2.05) is 32.3 Å². The average molecular weight is 242 g/mol. The van der Waals surface area contributed by atoms with Crippen molar-refractivity contribution in [2.24, 2.45) is 7.05 Å². The molecule has 6 heteroatoms. The molecule has 6 nitrogen and oxygen atoms in total. The van der Waals surface area contributed by atoms with Crippen LogP contribution in [0.4, 0.5) is 5.95 Å². The van der Waals surface area contributed by atoms with Crippen LogP contribution in [0.2, 0.25) is 0 Å². The van der Waals surface area contributed by atoms with E-state index in [1.54, 1.807) is 10.7 Å². The van der Waals surface area contributed by atoms with Gasteiger partial charge in [0.1, 0.15) is 11.8 Å². The Morgan fingerprint density at radius 1 is 1.44 bits per heavy atom. The Hall–Kier alpha value is -2.42. The van der Waals surface area contributed by atoms with Crippen LogP contribution in [-0.2, 0) is 13.5 Å². The molecular formula is C12H14N6. The molecule has 0 atom stereocenters. The van der Waals surface area contributed by atoms with Gasteiger partial charge < -0.3 is 5.32 Å². The van der Waals surface area contributed by atoms with E-state index in [9.17, 15) is 0 Å². The molecule has 0 unspecified atom stereocenters. The Labute approximate surface area is 105 Å². The quantitative estimate of drug-likeness (QED) is 0.866. The first kappa shape index (κ1) is 12.0. The molecule has 2 heterocycles. The number of rotatable bonds is 4. The standard InChI is InChI=1S/C12H14N6/c1-9-7-11(8-13)16-12(15-9)14-5-3-10-4-6-18(2)17-10/h4,6-7H,3,5H2,1-2H3,(H,14,15,16). The Balaban J connectivity index is 1.94. The number of anilines is 1. The summed E-state index contributed by atoms with van der Waals surface area (Å²) < 4.78 is 1.77. The van der Waals surface area contributed by atoms with Crippen molar-refractivity contribution >= 4 is 5.95 Å². The molecule has 0 radical (unpaired) electrons. The molecule has 0 aromatic carbocycles. The number of hydrogen-bond donors (Lipinski definition) is 1. The third-order valence-corrected chi connectivity index (χ3v) is 2.40. The molecule has 0 saturated carbocycles. The lowest BCUT2D eigenvalue weighted by atomic mass is 10.3.